The predicted molar refractivity (Wildman–Crippen MR) is 82.6 cm³/mol. The average molecular weight is 316 g/mol. The fourth-order valence-electron chi connectivity index (χ4n) is 3.13. The Morgan fingerprint density at radius 2 is 2.26 bits per heavy atom. The van der Waals surface area contributed by atoms with E-state index in [1.54, 1.807) is 28.9 Å². The fraction of sp³-hybridized carbons (Fsp3) is 0.438. The van der Waals surface area contributed by atoms with Crippen LogP contribution >= 0.6 is 0 Å². The van der Waals surface area contributed by atoms with Crippen molar-refractivity contribution in [3.05, 3.63) is 41.6 Å². The van der Waals surface area contributed by atoms with Crippen LogP contribution in [0.4, 0.5) is 0 Å². The molecule has 1 N–H and O–H groups in total. The molecule has 1 aliphatic rings. The largest absolute Gasteiger partial charge is 0.459 e. The minimum Gasteiger partial charge on any atom is -0.459 e. The van der Waals surface area contributed by atoms with Gasteiger partial charge in [-0.1, -0.05) is 0 Å². The third kappa shape index (κ3) is 2.86. The molecule has 7 nitrogen and oxygen atoms in total. The SMILES string of the molecule is Cc1ccoc1C(=O)NC[C@@H]1CC(=O)N(C)[C@H]1c1cnn(C)c1. The van der Waals surface area contributed by atoms with Crippen LogP contribution in [0.1, 0.15) is 34.1 Å². The van der Waals surface area contributed by atoms with E-state index in [2.05, 4.69) is 10.4 Å². The van der Waals surface area contributed by atoms with E-state index in [0.717, 1.165) is 11.1 Å². The van der Waals surface area contributed by atoms with Gasteiger partial charge < -0.3 is 14.6 Å². The fourth-order valence-corrected chi connectivity index (χ4v) is 3.13. The molecule has 0 spiro atoms. The molecule has 0 bridgehead atoms. The van der Waals surface area contributed by atoms with Crippen LogP contribution in [0.3, 0.4) is 0 Å². The summed E-state index contributed by atoms with van der Waals surface area (Å²) < 4.78 is 6.91. The zero-order valence-electron chi connectivity index (χ0n) is 13.4. The molecule has 2 aromatic rings. The van der Waals surface area contributed by atoms with Crippen LogP contribution in [0.5, 0.6) is 0 Å². The van der Waals surface area contributed by atoms with Gasteiger partial charge in [-0.05, 0) is 13.0 Å². The van der Waals surface area contributed by atoms with Gasteiger partial charge in [-0.25, -0.2) is 0 Å². The Kier molecular flexibility index (Phi) is 3.94. The highest BCUT2D eigenvalue weighted by Gasteiger charge is 2.39. The van der Waals surface area contributed by atoms with E-state index < -0.39 is 0 Å². The number of furan rings is 1. The monoisotopic (exact) mass is 316 g/mol. The van der Waals surface area contributed by atoms with Gasteiger partial charge in [0.2, 0.25) is 5.91 Å². The zero-order valence-corrected chi connectivity index (χ0v) is 13.4. The highest BCUT2D eigenvalue weighted by atomic mass is 16.3. The van der Waals surface area contributed by atoms with E-state index in [4.69, 9.17) is 4.42 Å². The van der Waals surface area contributed by atoms with Crippen LogP contribution in [-0.2, 0) is 11.8 Å². The molecule has 3 heterocycles. The molecule has 0 radical (unpaired) electrons. The maximum absolute atomic E-state index is 12.2. The van der Waals surface area contributed by atoms with Crippen LogP contribution in [0.2, 0.25) is 0 Å². The highest BCUT2D eigenvalue weighted by molar-refractivity contribution is 5.92. The first-order chi connectivity index (χ1) is 11.0. The maximum atomic E-state index is 12.2. The van der Waals surface area contributed by atoms with Gasteiger partial charge in [0.25, 0.3) is 5.91 Å². The Bertz CT molecular complexity index is 733. The van der Waals surface area contributed by atoms with Gasteiger partial charge in [0.1, 0.15) is 0 Å². The summed E-state index contributed by atoms with van der Waals surface area (Å²) >= 11 is 0. The molecule has 2 amide bonds. The summed E-state index contributed by atoms with van der Waals surface area (Å²) in [4.78, 5) is 26.0. The van der Waals surface area contributed by atoms with Gasteiger partial charge in [0.05, 0.1) is 18.5 Å². The Morgan fingerprint density at radius 3 is 2.87 bits per heavy atom. The van der Waals surface area contributed by atoms with E-state index in [-0.39, 0.29) is 23.8 Å². The number of hydrogen-bond acceptors (Lipinski definition) is 4. The topological polar surface area (TPSA) is 80.4 Å². The molecule has 1 saturated heterocycles. The molecule has 1 aliphatic heterocycles. The van der Waals surface area contributed by atoms with Crippen molar-refractivity contribution in [2.75, 3.05) is 13.6 Å². The van der Waals surface area contributed by atoms with Crippen LogP contribution in [0.25, 0.3) is 0 Å². The first-order valence-electron chi connectivity index (χ1n) is 7.54. The molecular weight excluding hydrogens is 296 g/mol. The van der Waals surface area contributed by atoms with Crippen LogP contribution in [-0.4, -0.2) is 40.1 Å². The quantitative estimate of drug-likeness (QED) is 0.921. The lowest BCUT2D eigenvalue weighted by molar-refractivity contribution is -0.127. The third-order valence-corrected chi connectivity index (χ3v) is 4.35. The third-order valence-electron chi connectivity index (χ3n) is 4.35. The van der Waals surface area contributed by atoms with E-state index in [0.29, 0.717) is 18.7 Å². The number of rotatable bonds is 4. The van der Waals surface area contributed by atoms with E-state index in [1.807, 2.05) is 20.2 Å². The number of likely N-dealkylation sites (tertiary alicyclic amines) is 1. The van der Waals surface area contributed by atoms with Gasteiger partial charge >= 0.3 is 0 Å². The number of aryl methyl sites for hydroxylation is 2. The van der Waals surface area contributed by atoms with Crippen molar-refractivity contribution in [2.45, 2.75) is 19.4 Å². The summed E-state index contributed by atoms with van der Waals surface area (Å²) in [6, 6.07) is 1.68. The first kappa shape index (κ1) is 15.3. The second-order valence-electron chi connectivity index (χ2n) is 6.00. The maximum Gasteiger partial charge on any atom is 0.287 e. The molecule has 1 fully saturated rings. The Balaban J connectivity index is 1.72. The highest BCUT2D eigenvalue weighted by Crippen LogP contribution is 2.36. The molecule has 7 heteroatoms. The number of carbonyl (C=O) groups is 2. The lowest BCUT2D eigenvalue weighted by atomic mass is 9.95. The molecule has 0 aromatic carbocycles. The average Bonchev–Trinajstić information content (AvgIpc) is 3.18. The molecule has 2 aromatic heterocycles. The van der Waals surface area contributed by atoms with Crippen LogP contribution in [0.15, 0.2) is 29.1 Å². The van der Waals surface area contributed by atoms with Crippen LogP contribution < -0.4 is 5.32 Å². The molecular formula is C16H20N4O3. The van der Waals surface area contributed by atoms with Crippen molar-refractivity contribution in [3.8, 4) is 0 Å². The summed E-state index contributed by atoms with van der Waals surface area (Å²) in [7, 11) is 3.63. The number of aromatic nitrogens is 2. The first-order valence-corrected chi connectivity index (χ1v) is 7.54. The molecule has 122 valence electrons. The summed E-state index contributed by atoms with van der Waals surface area (Å²) in [5.41, 5.74) is 1.78. The Labute approximate surface area is 134 Å². The van der Waals surface area contributed by atoms with Gasteiger partial charge in [0.15, 0.2) is 5.76 Å². The minimum absolute atomic E-state index is 0.0101. The number of nitrogens with zero attached hydrogens (tertiary/aromatic N) is 3. The van der Waals surface area contributed by atoms with Crippen molar-refractivity contribution in [1.29, 1.82) is 0 Å². The van der Waals surface area contributed by atoms with E-state index in [1.165, 1.54) is 6.26 Å². The van der Waals surface area contributed by atoms with Gasteiger partial charge in [-0.15, -0.1) is 0 Å². The Hall–Kier alpha value is -2.57. The lowest BCUT2D eigenvalue weighted by Crippen LogP contribution is -2.32. The van der Waals surface area contributed by atoms with Crippen molar-refractivity contribution in [3.63, 3.8) is 0 Å². The van der Waals surface area contributed by atoms with Crippen LogP contribution in [0, 0.1) is 12.8 Å². The molecule has 0 aliphatic carbocycles. The number of amides is 2. The molecule has 0 unspecified atom stereocenters. The summed E-state index contributed by atoms with van der Waals surface area (Å²) in [6.07, 6.45) is 5.58. The standard InChI is InChI=1S/C16H20N4O3/c1-10-4-5-23-15(10)16(22)17-7-11-6-13(21)20(3)14(11)12-8-18-19(2)9-12/h4-5,8-9,11,14H,6-7H2,1-3H3,(H,17,22)/t11-,14+/m0/s1. The molecule has 0 saturated carbocycles. The second kappa shape index (κ2) is 5.91. The summed E-state index contributed by atoms with van der Waals surface area (Å²) in [5.74, 6) is 0.156. The summed E-state index contributed by atoms with van der Waals surface area (Å²) in [5, 5.41) is 7.06. The van der Waals surface area contributed by atoms with Crippen molar-refractivity contribution in [1.82, 2.24) is 20.0 Å². The van der Waals surface area contributed by atoms with Crippen molar-refractivity contribution < 1.29 is 14.0 Å². The Morgan fingerprint density at radius 1 is 1.48 bits per heavy atom. The van der Waals surface area contributed by atoms with Gasteiger partial charge in [-0.3, -0.25) is 14.3 Å². The van der Waals surface area contributed by atoms with Crippen molar-refractivity contribution >= 4 is 11.8 Å². The second-order valence-corrected chi connectivity index (χ2v) is 6.00. The summed E-state index contributed by atoms with van der Waals surface area (Å²) in [6.45, 7) is 2.23. The van der Waals surface area contributed by atoms with Gasteiger partial charge in [-0.2, -0.15) is 5.10 Å². The molecule has 3 rings (SSSR count). The smallest absolute Gasteiger partial charge is 0.287 e. The van der Waals surface area contributed by atoms with Gasteiger partial charge in [0, 0.05) is 50.3 Å². The minimum atomic E-state index is -0.251. The van der Waals surface area contributed by atoms with Crippen molar-refractivity contribution in [2.24, 2.45) is 13.0 Å². The zero-order chi connectivity index (χ0) is 16.6. The number of carbonyl (C=O) groups excluding carboxylic acids is 2. The number of hydrogen-bond donors (Lipinski definition) is 1. The molecule has 23 heavy (non-hydrogen) atoms. The van der Waals surface area contributed by atoms with E-state index in [9.17, 15) is 9.59 Å². The normalized spacial score (nSPS) is 21.0. The molecule has 2 atom stereocenters. The predicted octanol–water partition coefficient (Wildman–Crippen LogP) is 1.27. The van der Waals surface area contributed by atoms with E-state index >= 15 is 0 Å². The lowest BCUT2D eigenvalue weighted by Gasteiger charge is -2.24. The number of nitrogens with one attached hydrogen (secondary N) is 1.